The standard InChI is InChI=1S/C14H18F3N3O/c1-8-4-2-3-5-10(8)19-13-9(12(18)21)6-7-11(20-13)14(15,16)17/h6-8,10H,2-5H2,1H3,(H2,18,21)(H,19,20). The number of aromatic nitrogens is 1. The highest BCUT2D eigenvalue weighted by Crippen LogP contribution is 2.31. The first-order chi connectivity index (χ1) is 9.79. The van der Waals surface area contributed by atoms with Crippen molar-refractivity contribution in [3.8, 4) is 0 Å². The zero-order valence-corrected chi connectivity index (χ0v) is 11.7. The summed E-state index contributed by atoms with van der Waals surface area (Å²) in [5.74, 6) is -0.547. The smallest absolute Gasteiger partial charge is 0.366 e. The molecule has 1 saturated carbocycles. The van der Waals surface area contributed by atoms with Gasteiger partial charge in [-0.15, -0.1) is 0 Å². The first kappa shape index (κ1) is 15.6. The van der Waals surface area contributed by atoms with E-state index in [0.29, 0.717) is 5.92 Å². The number of anilines is 1. The first-order valence-electron chi connectivity index (χ1n) is 6.93. The van der Waals surface area contributed by atoms with E-state index in [4.69, 9.17) is 5.73 Å². The maximum Gasteiger partial charge on any atom is 0.433 e. The Morgan fingerprint density at radius 2 is 2.00 bits per heavy atom. The first-order valence-corrected chi connectivity index (χ1v) is 6.93. The number of nitrogens with two attached hydrogens (primary N) is 1. The summed E-state index contributed by atoms with van der Waals surface area (Å²) in [5, 5.41) is 2.98. The number of alkyl halides is 3. The van der Waals surface area contributed by atoms with Crippen LogP contribution < -0.4 is 11.1 Å². The van der Waals surface area contributed by atoms with Crippen molar-refractivity contribution in [1.29, 1.82) is 0 Å². The molecule has 116 valence electrons. The second-order valence-electron chi connectivity index (χ2n) is 5.47. The van der Waals surface area contributed by atoms with Crippen LogP contribution in [0, 0.1) is 5.92 Å². The molecule has 1 aliphatic carbocycles. The molecule has 1 heterocycles. The lowest BCUT2D eigenvalue weighted by Crippen LogP contribution is -2.32. The third kappa shape index (κ3) is 3.65. The molecule has 0 aromatic carbocycles. The molecular weight excluding hydrogens is 283 g/mol. The van der Waals surface area contributed by atoms with Crippen molar-refractivity contribution in [2.75, 3.05) is 5.32 Å². The van der Waals surface area contributed by atoms with E-state index in [1.807, 2.05) is 6.92 Å². The Balaban J connectivity index is 2.32. The molecule has 21 heavy (non-hydrogen) atoms. The van der Waals surface area contributed by atoms with Crippen LogP contribution in [0.5, 0.6) is 0 Å². The highest BCUT2D eigenvalue weighted by molar-refractivity contribution is 5.97. The summed E-state index contributed by atoms with van der Waals surface area (Å²) in [7, 11) is 0. The van der Waals surface area contributed by atoms with E-state index < -0.39 is 17.8 Å². The van der Waals surface area contributed by atoms with Gasteiger partial charge in [0.15, 0.2) is 0 Å². The summed E-state index contributed by atoms with van der Waals surface area (Å²) in [6.07, 6.45) is -0.588. The lowest BCUT2D eigenvalue weighted by molar-refractivity contribution is -0.141. The third-order valence-electron chi connectivity index (χ3n) is 3.88. The fourth-order valence-corrected chi connectivity index (χ4v) is 2.63. The van der Waals surface area contributed by atoms with Gasteiger partial charge in [0.05, 0.1) is 5.56 Å². The maximum atomic E-state index is 12.7. The van der Waals surface area contributed by atoms with Crippen LogP contribution in [0.2, 0.25) is 0 Å². The van der Waals surface area contributed by atoms with E-state index in [1.54, 1.807) is 0 Å². The Morgan fingerprint density at radius 1 is 1.33 bits per heavy atom. The largest absolute Gasteiger partial charge is 0.433 e. The second-order valence-corrected chi connectivity index (χ2v) is 5.47. The van der Waals surface area contributed by atoms with Gasteiger partial charge in [0, 0.05) is 6.04 Å². The number of hydrogen-bond acceptors (Lipinski definition) is 3. The molecule has 7 heteroatoms. The van der Waals surface area contributed by atoms with Gasteiger partial charge in [-0.25, -0.2) is 4.98 Å². The lowest BCUT2D eigenvalue weighted by atomic mass is 9.86. The van der Waals surface area contributed by atoms with Gasteiger partial charge in [0.25, 0.3) is 5.91 Å². The van der Waals surface area contributed by atoms with E-state index >= 15 is 0 Å². The Hall–Kier alpha value is -1.79. The van der Waals surface area contributed by atoms with Crippen LogP contribution in [0.1, 0.15) is 48.7 Å². The second kappa shape index (κ2) is 5.91. The van der Waals surface area contributed by atoms with Gasteiger partial charge in [-0.3, -0.25) is 4.79 Å². The number of hydrogen-bond donors (Lipinski definition) is 2. The van der Waals surface area contributed by atoms with Gasteiger partial charge in [0.1, 0.15) is 11.5 Å². The predicted octanol–water partition coefficient (Wildman–Crippen LogP) is 3.19. The highest BCUT2D eigenvalue weighted by atomic mass is 19.4. The number of carbonyl (C=O) groups excluding carboxylic acids is 1. The number of primary amides is 1. The van der Waals surface area contributed by atoms with Crippen LogP contribution >= 0.6 is 0 Å². The predicted molar refractivity (Wildman–Crippen MR) is 72.8 cm³/mol. The van der Waals surface area contributed by atoms with Gasteiger partial charge >= 0.3 is 6.18 Å². The fraction of sp³-hybridized carbons (Fsp3) is 0.571. The number of nitrogens with one attached hydrogen (secondary N) is 1. The van der Waals surface area contributed by atoms with Gasteiger partial charge < -0.3 is 11.1 Å². The minimum absolute atomic E-state index is 0.00725. The number of amides is 1. The van der Waals surface area contributed by atoms with Crippen LogP contribution in [0.4, 0.5) is 19.0 Å². The van der Waals surface area contributed by atoms with E-state index in [0.717, 1.165) is 37.8 Å². The molecule has 2 atom stereocenters. The summed E-state index contributed by atoms with van der Waals surface area (Å²) < 4.78 is 38.2. The number of carbonyl (C=O) groups is 1. The zero-order valence-electron chi connectivity index (χ0n) is 11.7. The number of nitrogens with zero attached hydrogens (tertiary/aromatic N) is 1. The number of pyridine rings is 1. The van der Waals surface area contributed by atoms with Gasteiger partial charge in [0.2, 0.25) is 0 Å². The molecule has 2 rings (SSSR count). The van der Waals surface area contributed by atoms with Crippen LogP contribution in [0.15, 0.2) is 12.1 Å². The van der Waals surface area contributed by atoms with E-state index in [1.165, 1.54) is 0 Å². The Labute approximate surface area is 120 Å². The molecule has 1 aromatic heterocycles. The van der Waals surface area contributed by atoms with Crippen molar-refractivity contribution in [3.05, 3.63) is 23.4 Å². The lowest BCUT2D eigenvalue weighted by Gasteiger charge is -2.30. The quantitative estimate of drug-likeness (QED) is 0.901. The van der Waals surface area contributed by atoms with Crippen molar-refractivity contribution in [2.45, 2.75) is 44.8 Å². The monoisotopic (exact) mass is 301 g/mol. The van der Waals surface area contributed by atoms with Gasteiger partial charge in [-0.1, -0.05) is 19.8 Å². The average molecular weight is 301 g/mol. The molecule has 1 amide bonds. The maximum absolute atomic E-state index is 12.7. The molecule has 2 unspecified atom stereocenters. The molecule has 1 aliphatic rings. The van der Waals surface area contributed by atoms with Crippen molar-refractivity contribution in [2.24, 2.45) is 11.7 Å². The van der Waals surface area contributed by atoms with E-state index in [9.17, 15) is 18.0 Å². The average Bonchev–Trinajstić information content (AvgIpc) is 2.40. The topological polar surface area (TPSA) is 68.0 Å². The summed E-state index contributed by atoms with van der Waals surface area (Å²) >= 11 is 0. The molecule has 0 radical (unpaired) electrons. The highest BCUT2D eigenvalue weighted by Gasteiger charge is 2.34. The van der Waals surface area contributed by atoms with Gasteiger partial charge in [-0.05, 0) is 30.9 Å². The minimum atomic E-state index is -4.55. The van der Waals surface area contributed by atoms with Crippen LogP contribution in [-0.2, 0) is 6.18 Å². The van der Waals surface area contributed by atoms with Crippen molar-refractivity contribution >= 4 is 11.7 Å². The summed E-state index contributed by atoms with van der Waals surface area (Å²) in [5.41, 5.74) is 4.17. The van der Waals surface area contributed by atoms with Crippen molar-refractivity contribution in [1.82, 2.24) is 4.98 Å². The molecule has 0 spiro atoms. The van der Waals surface area contributed by atoms with E-state index in [-0.39, 0.29) is 17.4 Å². The number of rotatable bonds is 3. The summed E-state index contributed by atoms with van der Waals surface area (Å²) in [6, 6.07) is 1.86. The molecule has 1 fully saturated rings. The molecule has 0 bridgehead atoms. The van der Waals surface area contributed by atoms with E-state index in [2.05, 4.69) is 10.3 Å². The molecule has 0 aliphatic heterocycles. The summed E-state index contributed by atoms with van der Waals surface area (Å²) in [6.45, 7) is 2.04. The summed E-state index contributed by atoms with van der Waals surface area (Å²) in [4.78, 5) is 14.9. The minimum Gasteiger partial charge on any atom is -0.366 e. The molecular formula is C14H18F3N3O. The Bertz CT molecular complexity index is 531. The Morgan fingerprint density at radius 3 is 2.57 bits per heavy atom. The van der Waals surface area contributed by atoms with Crippen molar-refractivity contribution in [3.63, 3.8) is 0 Å². The SMILES string of the molecule is CC1CCCCC1Nc1nc(C(F)(F)F)ccc1C(N)=O. The normalized spacial score (nSPS) is 22.9. The molecule has 1 aromatic rings. The van der Waals surface area contributed by atoms with Crippen molar-refractivity contribution < 1.29 is 18.0 Å². The molecule has 3 N–H and O–H groups in total. The third-order valence-corrected chi connectivity index (χ3v) is 3.88. The molecule has 4 nitrogen and oxygen atoms in total. The van der Waals surface area contributed by atoms with Crippen LogP contribution in [0.25, 0.3) is 0 Å². The van der Waals surface area contributed by atoms with Crippen LogP contribution in [0.3, 0.4) is 0 Å². The fourth-order valence-electron chi connectivity index (χ4n) is 2.63. The van der Waals surface area contributed by atoms with Crippen LogP contribution in [-0.4, -0.2) is 16.9 Å². The number of halogens is 3. The zero-order chi connectivity index (χ0) is 15.6. The Kier molecular flexibility index (Phi) is 4.39. The molecule has 0 saturated heterocycles. The van der Waals surface area contributed by atoms with Gasteiger partial charge in [-0.2, -0.15) is 13.2 Å².